The fourth-order valence-electron chi connectivity index (χ4n) is 14.5. The maximum absolute atomic E-state index is 2.73. The lowest BCUT2D eigenvalue weighted by atomic mass is 9.77. The molecule has 0 radical (unpaired) electrons. The molecule has 0 aliphatic carbocycles. The van der Waals surface area contributed by atoms with Gasteiger partial charge < -0.3 is 0 Å². The van der Waals surface area contributed by atoms with Crippen LogP contribution in [-0.2, 0) is 5.04 Å². The van der Waals surface area contributed by atoms with Gasteiger partial charge in [0.2, 0.25) is 0 Å². The van der Waals surface area contributed by atoms with E-state index in [1.807, 2.05) is 0 Å². The van der Waals surface area contributed by atoms with Gasteiger partial charge in [0.05, 0.1) is 0 Å². The number of hydrogen-bond donors (Lipinski definition) is 0. The maximum atomic E-state index is 2.73. The highest BCUT2D eigenvalue weighted by molar-refractivity contribution is 7.08. The van der Waals surface area contributed by atoms with Gasteiger partial charge in [-0.3, -0.25) is 0 Å². The molecule has 1 unspecified atom stereocenters. The molecule has 1 heterocycles. The Kier molecular flexibility index (Phi) is 11.7. The van der Waals surface area contributed by atoms with Gasteiger partial charge in [0.15, 0.2) is 0 Å². The first-order valence-corrected chi connectivity index (χ1v) is 28.9. The minimum atomic E-state index is -2.69. The summed E-state index contributed by atoms with van der Waals surface area (Å²) in [5.41, 5.74) is 18.6. The van der Waals surface area contributed by atoms with E-state index in [1.165, 1.54) is 115 Å². The first-order chi connectivity index (χ1) is 33.1. The first kappa shape index (κ1) is 48.1. The zero-order chi connectivity index (χ0) is 50.1. The monoisotopic (exact) mass is 935 g/mol. The Hall–Kier alpha value is -5.50. The normalized spacial score (nSPS) is 16.2. The summed E-state index contributed by atoms with van der Waals surface area (Å²) in [5, 5.41) is 14.2. The van der Waals surface area contributed by atoms with Crippen LogP contribution in [0.1, 0.15) is 192 Å². The molecule has 0 N–H and O–H groups in total. The van der Waals surface area contributed by atoms with Gasteiger partial charge in [-0.2, -0.15) is 0 Å². The second kappa shape index (κ2) is 17.1. The Morgan fingerprint density at radius 3 is 1.20 bits per heavy atom. The molecule has 1 heteroatoms. The van der Waals surface area contributed by atoms with Crippen molar-refractivity contribution in [1.29, 1.82) is 0 Å². The lowest BCUT2D eigenvalue weighted by Gasteiger charge is -2.51. The Morgan fingerprint density at radius 1 is 0.386 bits per heavy atom. The third kappa shape index (κ3) is 6.87. The molecule has 0 bridgehead atoms. The predicted octanol–water partition coefficient (Wildman–Crippen LogP) is 19.7. The molecule has 358 valence electrons. The smallest absolute Gasteiger partial charge is 0.0625 e. The molecular formula is C69H78Si. The molecule has 9 aromatic carbocycles. The highest BCUT2D eigenvalue weighted by Crippen LogP contribution is 2.60. The Bertz CT molecular complexity index is 3410. The van der Waals surface area contributed by atoms with Crippen molar-refractivity contribution >= 4 is 61.5 Å². The van der Waals surface area contributed by atoms with E-state index in [9.17, 15) is 0 Å². The Morgan fingerprint density at radius 2 is 0.786 bits per heavy atom. The number of hydrogen-bond acceptors (Lipinski definition) is 0. The second-order valence-corrected chi connectivity index (χ2v) is 30.1. The molecule has 1 aliphatic heterocycles. The van der Waals surface area contributed by atoms with E-state index in [0.717, 1.165) is 0 Å². The van der Waals surface area contributed by atoms with Crippen LogP contribution in [0.15, 0.2) is 127 Å². The molecule has 0 spiro atoms. The zero-order valence-corrected chi connectivity index (χ0v) is 46.6. The van der Waals surface area contributed by atoms with Crippen LogP contribution in [0.5, 0.6) is 0 Å². The van der Waals surface area contributed by atoms with Crippen molar-refractivity contribution < 1.29 is 0 Å². The van der Waals surface area contributed by atoms with Gasteiger partial charge in [-0.15, -0.1) is 0 Å². The minimum absolute atomic E-state index is 0.00875. The molecular weight excluding hydrogens is 857 g/mol. The lowest BCUT2D eigenvalue weighted by Crippen LogP contribution is -2.71. The molecule has 70 heavy (non-hydrogen) atoms. The summed E-state index contributed by atoms with van der Waals surface area (Å²) in [6.07, 6.45) is 0. The number of fused-ring (bicyclic) bond motifs is 2. The molecule has 1 atom stereocenters. The van der Waals surface area contributed by atoms with E-state index in [0.29, 0.717) is 35.5 Å². The van der Waals surface area contributed by atoms with E-state index in [4.69, 9.17) is 0 Å². The molecule has 10 rings (SSSR count). The third-order valence-electron chi connectivity index (χ3n) is 17.2. The summed E-state index contributed by atoms with van der Waals surface area (Å²) >= 11 is 0. The summed E-state index contributed by atoms with van der Waals surface area (Å²) in [6, 6.07) is 51.5. The van der Waals surface area contributed by atoms with Crippen LogP contribution in [-0.4, -0.2) is 8.07 Å². The number of rotatable bonds is 10. The van der Waals surface area contributed by atoms with Crippen LogP contribution in [0, 0.1) is 0 Å². The van der Waals surface area contributed by atoms with E-state index >= 15 is 0 Å². The van der Waals surface area contributed by atoms with Crippen molar-refractivity contribution in [2.24, 2.45) is 0 Å². The number of benzene rings is 9. The fraction of sp³-hybridized carbons (Fsp3) is 0.362. The summed E-state index contributed by atoms with van der Waals surface area (Å²) in [5.74, 6) is 2.25. The van der Waals surface area contributed by atoms with Crippen molar-refractivity contribution in [3.63, 3.8) is 0 Å². The fourth-order valence-corrected chi connectivity index (χ4v) is 22.1. The second-order valence-electron chi connectivity index (χ2n) is 24.8. The van der Waals surface area contributed by atoms with Crippen molar-refractivity contribution in [2.75, 3.05) is 0 Å². The van der Waals surface area contributed by atoms with Gasteiger partial charge in [-0.25, -0.2) is 0 Å². The summed E-state index contributed by atoms with van der Waals surface area (Å²) in [4.78, 5) is 0. The van der Waals surface area contributed by atoms with E-state index in [2.05, 4.69) is 245 Å². The molecule has 0 saturated carbocycles. The van der Waals surface area contributed by atoms with Crippen molar-refractivity contribution in [3.05, 3.63) is 166 Å². The van der Waals surface area contributed by atoms with Crippen molar-refractivity contribution in [1.82, 2.24) is 0 Å². The van der Waals surface area contributed by atoms with E-state index < -0.39 is 8.07 Å². The quantitative estimate of drug-likeness (QED) is 0.0728. The van der Waals surface area contributed by atoms with Crippen LogP contribution in [0.4, 0.5) is 0 Å². The molecule has 9 aromatic rings. The maximum Gasteiger partial charge on any atom is 0.133 e. The largest absolute Gasteiger partial charge is 0.133 e. The minimum Gasteiger partial charge on any atom is -0.0625 e. The third-order valence-corrected chi connectivity index (χ3v) is 24.0. The molecule has 0 fully saturated rings. The van der Waals surface area contributed by atoms with Crippen LogP contribution in [0.3, 0.4) is 0 Å². The SMILES string of the molecule is CC(C)c1cccc(C(C)C)c1-c1cc2cc(-c3c(C(C)C)cccc3C(C)C)cc3c4cc(-c5c(C(C)C)cccc5C(C)C)c5c6c(ccc(c(c1)c23)c64)[Si](c1ccccc1)(C(C)(C)C)C5(C)C. The van der Waals surface area contributed by atoms with E-state index in [1.54, 1.807) is 10.8 Å². The molecule has 1 aliphatic rings. The molecule has 0 amide bonds. The van der Waals surface area contributed by atoms with Gasteiger partial charge in [-0.1, -0.05) is 220 Å². The molecule has 0 aromatic heterocycles. The van der Waals surface area contributed by atoms with Crippen LogP contribution in [0.2, 0.25) is 5.04 Å². The van der Waals surface area contributed by atoms with Crippen molar-refractivity contribution in [3.8, 4) is 33.4 Å². The average Bonchev–Trinajstić information content (AvgIpc) is 3.54. The first-order valence-electron chi connectivity index (χ1n) is 26.9. The van der Waals surface area contributed by atoms with Crippen LogP contribution in [0.25, 0.3) is 76.5 Å². The van der Waals surface area contributed by atoms with Crippen LogP contribution < -0.4 is 10.4 Å². The van der Waals surface area contributed by atoms with Gasteiger partial charge in [-0.05, 0) is 197 Å². The van der Waals surface area contributed by atoms with Gasteiger partial charge >= 0.3 is 0 Å². The average molecular weight is 935 g/mol. The molecule has 0 saturated heterocycles. The molecule has 0 nitrogen and oxygen atoms in total. The Balaban J connectivity index is 1.52. The summed E-state index contributed by atoms with van der Waals surface area (Å²) in [7, 11) is -2.69. The van der Waals surface area contributed by atoms with Crippen LogP contribution >= 0.6 is 0 Å². The van der Waals surface area contributed by atoms with Crippen molar-refractivity contribution in [2.45, 2.75) is 163 Å². The van der Waals surface area contributed by atoms with Gasteiger partial charge in [0.1, 0.15) is 8.07 Å². The topological polar surface area (TPSA) is 0 Å². The lowest BCUT2D eigenvalue weighted by molar-refractivity contribution is 0.644. The highest BCUT2D eigenvalue weighted by atomic mass is 28.3. The zero-order valence-electron chi connectivity index (χ0n) is 45.6. The Labute approximate surface area is 422 Å². The summed E-state index contributed by atoms with van der Waals surface area (Å²) < 4.78 is 0. The highest BCUT2D eigenvalue weighted by Gasteiger charge is 2.63. The summed E-state index contributed by atoms with van der Waals surface area (Å²) in [6.45, 7) is 41.6. The predicted molar refractivity (Wildman–Crippen MR) is 313 cm³/mol. The standard InChI is InChI=1S/C69H78Si/c1-39(2)49-26-21-27-50(40(3)4)61(49)46-34-45-35-47(62-51(41(5)6)28-22-29-52(62)42(7)8)37-57-58-38-59(64-53(43(9)10)30-23-31-54(64)44(11)12)67-66-60(33-32-55(65(58)66)56(36-46)63(45)57)70(68(13,14)15,69(67,16)17)48-24-19-18-20-25-48/h18-44H,1-17H3. The van der Waals surface area contributed by atoms with Gasteiger partial charge in [0.25, 0.3) is 0 Å². The van der Waals surface area contributed by atoms with Gasteiger partial charge in [0, 0.05) is 0 Å². The van der Waals surface area contributed by atoms with E-state index in [-0.39, 0.29) is 10.1 Å².